The predicted molar refractivity (Wildman–Crippen MR) is 156 cm³/mol. The zero-order valence-electron chi connectivity index (χ0n) is 23.2. The lowest BCUT2D eigenvalue weighted by atomic mass is 9.99. The molecule has 1 unspecified atom stereocenters. The van der Waals surface area contributed by atoms with Crippen molar-refractivity contribution in [3.05, 3.63) is 82.6 Å². The number of carbonyl (C=O) groups excluding carboxylic acids is 2. The van der Waals surface area contributed by atoms with Crippen molar-refractivity contribution >= 4 is 30.8 Å². The van der Waals surface area contributed by atoms with Crippen LogP contribution in [0.25, 0.3) is 11.1 Å². The van der Waals surface area contributed by atoms with Gasteiger partial charge in [0.05, 0.1) is 19.1 Å². The quantitative estimate of drug-likeness (QED) is 0.177. The molecule has 1 amide bonds. The van der Waals surface area contributed by atoms with Crippen molar-refractivity contribution < 1.29 is 28.2 Å². The van der Waals surface area contributed by atoms with Crippen LogP contribution in [0.3, 0.4) is 0 Å². The van der Waals surface area contributed by atoms with Crippen LogP contribution in [0.4, 0.5) is 4.79 Å². The first-order valence-corrected chi connectivity index (χ1v) is 15.9. The summed E-state index contributed by atoms with van der Waals surface area (Å²) in [5, 5.41) is 6.89. The molecule has 0 aliphatic carbocycles. The van der Waals surface area contributed by atoms with Gasteiger partial charge in [-0.3, -0.25) is 9.36 Å². The molecule has 3 aromatic rings. The third-order valence-corrected chi connectivity index (χ3v) is 9.44. The van der Waals surface area contributed by atoms with Gasteiger partial charge in [0.15, 0.2) is 0 Å². The first-order chi connectivity index (χ1) is 18.5. The van der Waals surface area contributed by atoms with E-state index in [2.05, 4.69) is 16.8 Å². The maximum Gasteiger partial charge on any atom is 0.408 e. The van der Waals surface area contributed by atoms with Gasteiger partial charge in [-0.25, -0.2) is 4.79 Å². The maximum absolute atomic E-state index is 14.6. The summed E-state index contributed by atoms with van der Waals surface area (Å²) in [7, 11) is -3.70. The summed E-state index contributed by atoms with van der Waals surface area (Å²) in [6.45, 7) is 9.09. The molecule has 0 saturated carbocycles. The van der Waals surface area contributed by atoms with E-state index in [1.807, 2.05) is 35.7 Å². The number of nitrogens with one attached hydrogen (secondary N) is 1. The normalized spacial score (nSPS) is 14.6. The Morgan fingerprint density at radius 2 is 1.64 bits per heavy atom. The number of ether oxygens (including phenoxy) is 2. The monoisotopic (exact) mass is 571 g/mol. The highest BCUT2D eigenvalue weighted by Crippen LogP contribution is 2.60. The number of carbonyl (C=O) groups is 2. The fourth-order valence-corrected chi connectivity index (χ4v) is 7.64. The average molecular weight is 572 g/mol. The number of amides is 1. The summed E-state index contributed by atoms with van der Waals surface area (Å²) in [4.78, 5) is 26.0. The lowest BCUT2D eigenvalue weighted by molar-refractivity contribution is -0.147. The van der Waals surface area contributed by atoms with Gasteiger partial charge in [-0.05, 0) is 80.1 Å². The predicted octanol–water partition coefficient (Wildman–Crippen LogP) is 7.68. The molecule has 0 fully saturated rings. The molecule has 3 atom stereocenters. The van der Waals surface area contributed by atoms with Crippen LogP contribution in [0.5, 0.6) is 0 Å². The highest BCUT2D eigenvalue weighted by Gasteiger charge is 2.41. The minimum Gasteiger partial charge on any atom is -0.466 e. The smallest absolute Gasteiger partial charge is 0.408 e. The van der Waals surface area contributed by atoms with Crippen molar-refractivity contribution in [2.45, 2.75) is 52.4 Å². The third kappa shape index (κ3) is 9.06. The lowest BCUT2D eigenvalue weighted by Gasteiger charge is -2.31. The molecule has 1 N–H and O–H groups in total. The summed E-state index contributed by atoms with van der Waals surface area (Å²) in [5.41, 5.74) is 2.98. The fourth-order valence-electron chi connectivity index (χ4n) is 4.25. The first-order valence-electron chi connectivity index (χ1n) is 13.1. The highest BCUT2D eigenvalue weighted by molar-refractivity contribution is 7.59. The molecule has 0 radical (unpaired) electrons. The zero-order valence-corrected chi connectivity index (χ0v) is 24.9. The Kier molecular flexibility index (Phi) is 10.9. The summed E-state index contributed by atoms with van der Waals surface area (Å²) >= 11 is 1.63. The van der Waals surface area contributed by atoms with Crippen molar-refractivity contribution in [2.24, 2.45) is 5.92 Å². The van der Waals surface area contributed by atoms with E-state index in [0.29, 0.717) is 12.0 Å². The van der Waals surface area contributed by atoms with Gasteiger partial charge in [-0.1, -0.05) is 54.6 Å². The van der Waals surface area contributed by atoms with Gasteiger partial charge in [-0.15, -0.1) is 0 Å². The molecule has 0 spiro atoms. The molecular formula is C30H38NO6PS. The zero-order chi connectivity index (χ0) is 28.5. The van der Waals surface area contributed by atoms with Gasteiger partial charge < -0.3 is 19.3 Å². The number of thiophene rings is 1. The SMILES string of the molecule is CCOC(=O)[C@H](Cc1ccc(-c2ccsc2)cc1)C[P@@](=O)(OCC)C(NC(=O)OC(C)(C)C)c1ccccc1. The van der Waals surface area contributed by atoms with E-state index in [9.17, 15) is 14.2 Å². The molecule has 3 rings (SSSR count). The van der Waals surface area contributed by atoms with Gasteiger partial charge in [0.2, 0.25) is 7.37 Å². The van der Waals surface area contributed by atoms with Crippen LogP contribution in [0.15, 0.2) is 71.4 Å². The third-order valence-electron chi connectivity index (χ3n) is 5.90. The highest BCUT2D eigenvalue weighted by atomic mass is 32.1. The van der Waals surface area contributed by atoms with Crippen LogP contribution in [0.1, 0.15) is 51.5 Å². The second kappa shape index (κ2) is 13.9. The van der Waals surface area contributed by atoms with E-state index >= 15 is 0 Å². The van der Waals surface area contributed by atoms with E-state index in [0.717, 1.165) is 16.7 Å². The molecule has 9 heteroatoms. The molecule has 0 aliphatic rings. The second-order valence-electron chi connectivity index (χ2n) is 10.1. The van der Waals surface area contributed by atoms with Crippen LogP contribution in [-0.2, 0) is 29.8 Å². The van der Waals surface area contributed by atoms with Gasteiger partial charge in [-0.2, -0.15) is 11.3 Å². The van der Waals surface area contributed by atoms with Gasteiger partial charge in [0.25, 0.3) is 0 Å². The Labute approximate surface area is 235 Å². The number of benzene rings is 2. The average Bonchev–Trinajstić information content (AvgIpc) is 3.42. The Morgan fingerprint density at radius 3 is 2.21 bits per heavy atom. The molecule has 2 aromatic carbocycles. The van der Waals surface area contributed by atoms with Crippen LogP contribution in [0, 0.1) is 5.92 Å². The largest absolute Gasteiger partial charge is 0.466 e. The van der Waals surface area contributed by atoms with Crippen molar-refractivity contribution in [1.82, 2.24) is 5.32 Å². The summed E-state index contributed by atoms with van der Waals surface area (Å²) in [6, 6.07) is 19.0. The topological polar surface area (TPSA) is 90.9 Å². The second-order valence-corrected chi connectivity index (χ2v) is 13.5. The maximum atomic E-state index is 14.6. The number of alkyl carbamates (subject to hydrolysis) is 1. The number of hydrogen-bond donors (Lipinski definition) is 1. The number of rotatable bonds is 12. The van der Waals surface area contributed by atoms with Gasteiger partial charge in [0.1, 0.15) is 11.4 Å². The van der Waals surface area contributed by atoms with Gasteiger partial charge >= 0.3 is 12.1 Å². The lowest BCUT2D eigenvalue weighted by Crippen LogP contribution is -2.36. The van der Waals surface area contributed by atoms with Crippen LogP contribution in [0.2, 0.25) is 0 Å². The van der Waals surface area contributed by atoms with E-state index in [1.54, 1.807) is 70.2 Å². The molecule has 39 heavy (non-hydrogen) atoms. The Hall–Kier alpha value is -2.93. The molecule has 1 heterocycles. The summed E-state index contributed by atoms with van der Waals surface area (Å²) < 4.78 is 31.4. The summed E-state index contributed by atoms with van der Waals surface area (Å²) in [6.07, 6.45) is -0.511. The number of esters is 1. The van der Waals surface area contributed by atoms with Crippen LogP contribution < -0.4 is 5.32 Å². The minimum atomic E-state index is -3.70. The molecule has 0 saturated heterocycles. The van der Waals surface area contributed by atoms with Crippen molar-refractivity contribution in [2.75, 3.05) is 19.4 Å². The molecule has 0 bridgehead atoms. The summed E-state index contributed by atoms with van der Waals surface area (Å²) in [5.74, 6) is -2.21. The first kappa shape index (κ1) is 30.6. The van der Waals surface area contributed by atoms with E-state index in [4.69, 9.17) is 14.0 Å². The van der Waals surface area contributed by atoms with Gasteiger partial charge in [0, 0.05) is 6.16 Å². The Bertz CT molecular complexity index is 1240. The van der Waals surface area contributed by atoms with Crippen LogP contribution in [-0.4, -0.2) is 37.0 Å². The van der Waals surface area contributed by atoms with E-state index < -0.39 is 36.7 Å². The molecule has 7 nitrogen and oxygen atoms in total. The molecule has 1 aromatic heterocycles. The van der Waals surface area contributed by atoms with Crippen molar-refractivity contribution in [3.63, 3.8) is 0 Å². The van der Waals surface area contributed by atoms with E-state index in [1.165, 1.54) is 0 Å². The molecular weight excluding hydrogens is 533 g/mol. The standard InChI is InChI=1S/C30H38NO6PS/c1-6-35-28(32)26(19-22-13-15-23(16-14-22)25-17-18-39-21-25)20-38(34,36-7-2)27(24-11-9-8-10-12-24)31-29(33)37-30(3,4)5/h8-18,21,26-27H,6-7,19-20H2,1-5H3,(H,31,33)/t26-,27?,38-/m1/s1. The molecule has 210 valence electrons. The minimum absolute atomic E-state index is 0.110. The van der Waals surface area contributed by atoms with Crippen molar-refractivity contribution in [3.8, 4) is 11.1 Å². The fraction of sp³-hybridized carbons (Fsp3) is 0.400. The molecule has 0 aliphatic heterocycles. The van der Waals surface area contributed by atoms with E-state index in [-0.39, 0.29) is 19.4 Å². The van der Waals surface area contributed by atoms with Crippen molar-refractivity contribution in [1.29, 1.82) is 0 Å². The number of hydrogen-bond acceptors (Lipinski definition) is 7. The Balaban J connectivity index is 1.93. The van der Waals surface area contributed by atoms with Crippen LogP contribution >= 0.6 is 18.7 Å². The Morgan fingerprint density at radius 1 is 0.949 bits per heavy atom.